The molecule has 1 heterocycles. The van der Waals surface area contributed by atoms with E-state index in [-0.39, 0.29) is 0 Å². The molecular formula is C12H22N2S. The van der Waals surface area contributed by atoms with Crippen molar-refractivity contribution in [3.8, 4) is 0 Å². The molecule has 1 rings (SSSR count). The molecule has 0 saturated carbocycles. The fourth-order valence-electron chi connectivity index (χ4n) is 1.69. The van der Waals surface area contributed by atoms with Crippen molar-refractivity contribution < 1.29 is 0 Å². The van der Waals surface area contributed by atoms with Gasteiger partial charge < -0.3 is 5.32 Å². The molecular weight excluding hydrogens is 204 g/mol. The van der Waals surface area contributed by atoms with Crippen LogP contribution in [0.4, 0.5) is 0 Å². The second-order valence-corrected chi connectivity index (χ2v) is 4.82. The van der Waals surface area contributed by atoms with Crippen LogP contribution in [0.15, 0.2) is 5.38 Å². The number of hydrogen-bond donors (Lipinski definition) is 1. The lowest BCUT2D eigenvalue weighted by atomic mass is 10.1. The first-order valence-corrected chi connectivity index (χ1v) is 6.81. The van der Waals surface area contributed by atoms with Gasteiger partial charge in [0, 0.05) is 11.1 Å². The molecule has 0 aliphatic heterocycles. The molecule has 0 aliphatic carbocycles. The van der Waals surface area contributed by atoms with Gasteiger partial charge in [-0.15, -0.1) is 11.3 Å². The fraction of sp³-hybridized carbons (Fsp3) is 0.750. The van der Waals surface area contributed by atoms with Crippen LogP contribution in [0.2, 0.25) is 0 Å². The zero-order valence-electron chi connectivity index (χ0n) is 10.0. The highest BCUT2D eigenvalue weighted by molar-refractivity contribution is 7.09. The largest absolute Gasteiger partial charge is 0.308 e. The summed E-state index contributed by atoms with van der Waals surface area (Å²) in [5, 5.41) is 6.91. The Labute approximate surface area is 97.1 Å². The second-order valence-electron chi connectivity index (χ2n) is 3.93. The number of thiazole rings is 1. The monoisotopic (exact) mass is 226 g/mol. The highest BCUT2D eigenvalue weighted by Gasteiger charge is 2.12. The molecule has 0 bridgehead atoms. The lowest BCUT2D eigenvalue weighted by Gasteiger charge is -2.14. The van der Waals surface area contributed by atoms with E-state index in [1.165, 1.54) is 30.7 Å². The van der Waals surface area contributed by atoms with E-state index in [4.69, 9.17) is 0 Å². The summed E-state index contributed by atoms with van der Waals surface area (Å²) < 4.78 is 0. The van der Waals surface area contributed by atoms with E-state index >= 15 is 0 Å². The van der Waals surface area contributed by atoms with Crippen molar-refractivity contribution in [2.24, 2.45) is 0 Å². The molecule has 15 heavy (non-hydrogen) atoms. The molecule has 0 spiro atoms. The van der Waals surface area contributed by atoms with Gasteiger partial charge in [-0.25, -0.2) is 4.98 Å². The Morgan fingerprint density at radius 3 is 2.73 bits per heavy atom. The van der Waals surface area contributed by atoms with Gasteiger partial charge in [-0.05, 0) is 19.9 Å². The summed E-state index contributed by atoms with van der Waals surface area (Å²) in [4.78, 5) is 4.56. The van der Waals surface area contributed by atoms with Crippen LogP contribution < -0.4 is 5.32 Å². The van der Waals surface area contributed by atoms with Crippen molar-refractivity contribution in [1.82, 2.24) is 10.3 Å². The Morgan fingerprint density at radius 1 is 1.40 bits per heavy atom. The molecule has 86 valence electrons. The Morgan fingerprint density at radius 2 is 2.20 bits per heavy atom. The average Bonchev–Trinajstić information content (AvgIpc) is 2.64. The fourth-order valence-corrected chi connectivity index (χ4v) is 2.60. The first-order valence-electron chi connectivity index (χ1n) is 5.93. The molecule has 0 amide bonds. The minimum atomic E-state index is 0.472. The lowest BCUT2D eigenvalue weighted by molar-refractivity contribution is 0.484. The van der Waals surface area contributed by atoms with Crippen molar-refractivity contribution >= 4 is 11.3 Å². The van der Waals surface area contributed by atoms with Gasteiger partial charge in [-0.2, -0.15) is 0 Å². The molecule has 1 N–H and O–H groups in total. The summed E-state index contributed by atoms with van der Waals surface area (Å²) in [7, 11) is 0. The zero-order chi connectivity index (χ0) is 11.1. The van der Waals surface area contributed by atoms with Crippen molar-refractivity contribution in [3.63, 3.8) is 0 Å². The summed E-state index contributed by atoms with van der Waals surface area (Å²) in [6, 6.07) is 0.472. The van der Waals surface area contributed by atoms with Crippen LogP contribution in [0.25, 0.3) is 0 Å². The molecule has 1 aromatic rings. The first kappa shape index (κ1) is 12.7. The van der Waals surface area contributed by atoms with E-state index < -0.39 is 0 Å². The molecule has 1 atom stereocenters. The second kappa shape index (κ2) is 6.96. The predicted molar refractivity (Wildman–Crippen MR) is 67.4 cm³/mol. The minimum Gasteiger partial charge on any atom is -0.308 e. The summed E-state index contributed by atoms with van der Waals surface area (Å²) in [6.07, 6.45) is 5.13. The van der Waals surface area contributed by atoms with Gasteiger partial charge in [-0.1, -0.05) is 33.1 Å². The summed E-state index contributed by atoms with van der Waals surface area (Å²) in [5.74, 6) is 0. The van der Waals surface area contributed by atoms with Crippen molar-refractivity contribution in [1.29, 1.82) is 0 Å². The van der Waals surface area contributed by atoms with Crippen LogP contribution in [-0.4, -0.2) is 11.5 Å². The van der Waals surface area contributed by atoms with Crippen LogP contribution in [0.5, 0.6) is 0 Å². The van der Waals surface area contributed by atoms with Gasteiger partial charge in [0.2, 0.25) is 0 Å². The normalized spacial score (nSPS) is 13.0. The third kappa shape index (κ3) is 4.31. The molecule has 0 aliphatic rings. The molecule has 0 fully saturated rings. The standard InChI is InChI=1S/C12H22N2S/c1-4-6-7-8-11(13-5-2)12-14-10(3)9-15-12/h9,11,13H,4-8H2,1-3H3. The number of hydrogen-bond acceptors (Lipinski definition) is 3. The van der Waals surface area contributed by atoms with E-state index in [1.54, 1.807) is 11.3 Å². The number of aryl methyl sites for hydroxylation is 1. The van der Waals surface area contributed by atoms with E-state index in [1.807, 2.05) is 0 Å². The zero-order valence-corrected chi connectivity index (χ0v) is 10.9. The Hall–Kier alpha value is -0.410. The third-order valence-electron chi connectivity index (χ3n) is 2.48. The Bertz CT molecular complexity index is 270. The van der Waals surface area contributed by atoms with E-state index in [0.29, 0.717) is 6.04 Å². The van der Waals surface area contributed by atoms with E-state index in [0.717, 1.165) is 12.2 Å². The molecule has 0 aromatic carbocycles. The van der Waals surface area contributed by atoms with Gasteiger partial charge in [0.1, 0.15) is 5.01 Å². The molecule has 1 unspecified atom stereocenters. The maximum absolute atomic E-state index is 4.56. The molecule has 0 saturated heterocycles. The number of aromatic nitrogens is 1. The first-order chi connectivity index (χ1) is 7.27. The van der Waals surface area contributed by atoms with Crippen LogP contribution >= 0.6 is 11.3 Å². The Balaban J connectivity index is 2.49. The summed E-state index contributed by atoms with van der Waals surface area (Å²) in [5.41, 5.74) is 1.15. The Kier molecular flexibility index (Phi) is 5.88. The lowest BCUT2D eigenvalue weighted by Crippen LogP contribution is -2.20. The van der Waals surface area contributed by atoms with Crippen LogP contribution in [0.3, 0.4) is 0 Å². The smallest absolute Gasteiger partial charge is 0.110 e. The average molecular weight is 226 g/mol. The van der Waals surface area contributed by atoms with E-state index in [2.05, 4.69) is 36.5 Å². The molecule has 1 aromatic heterocycles. The van der Waals surface area contributed by atoms with Gasteiger partial charge >= 0.3 is 0 Å². The van der Waals surface area contributed by atoms with Crippen LogP contribution in [-0.2, 0) is 0 Å². The van der Waals surface area contributed by atoms with Gasteiger partial charge in [0.05, 0.1) is 6.04 Å². The summed E-state index contributed by atoms with van der Waals surface area (Å²) >= 11 is 1.78. The van der Waals surface area contributed by atoms with Crippen molar-refractivity contribution in [2.45, 2.75) is 52.5 Å². The molecule has 2 nitrogen and oxygen atoms in total. The van der Waals surface area contributed by atoms with Gasteiger partial charge in [0.15, 0.2) is 0 Å². The number of unbranched alkanes of at least 4 members (excludes halogenated alkanes) is 2. The van der Waals surface area contributed by atoms with Crippen LogP contribution in [0.1, 0.15) is 56.3 Å². The predicted octanol–water partition coefficient (Wildman–Crippen LogP) is 3.68. The number of rotatable bonds is 7. The highest BCUT2D eigenvalue weighted by Crippen LogP contribution is 2.23. The van der Waals surface area contributed by atoms with Crippen molar-refractivity contribution in [2.75, 3.05) is 6.54 Å². The maximum Gasteiger partial charge on any atom is 0.110 e. The molecule has 0 radical (unpaired) electrons. The number of nitrogens with zero attached hydrogens (tertiary/aromatic N) is 1. The highest BCUT2D eigenvalue weighted by atomic mass is 32.1. The molecule has 3 heteroatoms. The summed E-state index contributed by atoms with van der Waals surface area (Å²) in [6.45, 7) is 7.49. The van der Waals surface area contributed by atoms with Crippen LogP contribution in [0, 0.1) is 6.92 Å². The quantitative estimate of drug-likeness (QED) is 0.717. The van der Waals surface area contributed by atoms with E-state index in [9.17, 15) is 0 Å². The maximum atomic E-state index is 4.56. The van der Waals surface area contributed by atoms with Gasteiger partial charge in [0.25, 0.3) is 0 Å². The van der Waals surface area contributed by atoms with Crippen molar-refractivity contribution in [3.05, 3.63) is 16.1 Å². The SMILES string of the molecule is CCCCCC(NCC)c1nc(C)cs1. The number of nitrogens with one attached hydrogen (secondary N) is 1. The van der Waals surface area contributed by atoms with Gasteiger partial charge in [-0.3, -0.25) is 0 Å². The third-order valence-corrected chi connectivity index (χ3v) is 3.56. The topological polar surface area (TPSA) is 24.9 Å². The minimum absolute atomic E-state index is 0.472.